The number of benzene rings is 2. The molecule has 2 aromatic rings. The topological polar surface area (TPSA) is 72.1 Å². The smallest absolute Gasteiger partial charge is 0.253 e. The Hall–Kier alpha value is -2.77. The molecule has 1 heterocycles. The minimum absolute atomic E-state index is 0.116. The van der Waals surface area contributed by atoms with Gasteiger partial charge in [0.2, 0.25) is 0 Å². The fraction of sp³-hybridized carbons (Fsp3) is 0.409. The van der Waals surface area contributed by atoms with Crippen LogP contribution in [0.25, 0.3) is 0 Å². The van der Waals surface area contributed by atoms with Crippen LogP contribution in [0.2, 0.25) is 0 Å². The van der Waals surface area contributed by atoms with E-state index in [1.807, 2.05) is 42.5 Å². The number of methoxy groups -OCH3 is 2. The van der Waals surface area contributed by atoms with Gasteiger partial charge in [-0.1, -0.05) is 18.2 Å². The van der Waals surface area contributed by atoms with E-state index < -0.39 is 0 Å². The average Bonchev–Trinajstić information content (AvgIpc) is 2.78. The second-order valence-electron chi connectivity index (χ2n) is 6.79. The van der Waals surface area contributed by atoms with Crippen molar-refractivity contribution in [3.63, 3.8) is 0 Å². The molecule has 0 saturated carbocycles. The molecule has 2 N–H and O–H groups in total. The molecule has 0 aliphatic carbocycles. The minimum Gasteiger partial charge on any atom is -0.497 e. The van der Waals surface area contributed by atoms with Gasteiger partial charge in [0.25, 0.3) is 5.91 Å². The zero-order valence-electron chi connectivity index (χ0n) is 17.1. The van der Waals surface area contributed by atoms with Crippen LogP contribution in [0.15, 0.2) is 42.5 Å². The fourth-order valence-corrected chi connectivity index (χ4v) is 3.25. The molecule has 1 fully saturated rings. The van der Waals surface area contributed by atoms with E-state index in [1.165, 1.54) is 0 Å². The maximum atomic E-state index is 12.8. The summed E-state index contributed by atoms with van der Waals surface area (Å²) < 4.78 is 16.0. The fourth-order valence-electron chi connectivity index (χ4n) is 3.25. The molecular weight excluding hydrogens is 370 g/mol. The van der Waals surface area contributed by atoms with E-state index >= 15 is 0 Å². The molecule has 0 spiro atoms. The molecule has 3 rings (SSSR count). The third-order valence-corrected chi connectivity index (χ3v) is 4.94. The van der Waals surface area contributed by atoms with Gasteiger partial charge in [-0.15, -0.1) is 0 Å². The van der Waals surface area contributed by atoms with Crippen molar-refractivity contribution in [2.75, 3.05) is 58.9 Å². The number of rotatable bonds is 9. The highest BCUT2D eigenvalue weighted by molar-refractivity contribution is 6.01. The van der Waals surface area contributed by atoms with Crippen LogP contribution in [0.3, 0.4) is 0 Å². The molecule has 7 heteroatoms. The van der Waals surface area contributed by atoms with Gasteiger partial charge in [0, 0.05) is 32.7 Å². The van der Waals surface area contributed by atoms with Crippen molar-refractivity contribution in [3.05, 3.63) is 53.6 Å². The Balaban J connectivity index is 1.63. The molecule has 1 saturated heterocycles. The lowest BCUT2D eigenvalue weighted by molar-refractivity contribution is 0.0383. The largest absolute Gasteiger partial charge is 0.497 e. The number of hydrogen-bond acceptors (Lipinski definition) is 6. The Morgan fingerprint density at radius 1 is 1.07 bits per heavy atom. The number of morpholine rings is 1. The van der Waals surface area contributed by atoms with Gasteiger partial charge in [0.15, 0.2) is 0 Å². The number of anilines is 1. The van der Waals surface area contributed by atoms with Gasteiger partial charge in [0.05, 0.1) is 38.7 Å². The lowest BCUT2D eigenvalue weighted by atomic mass is 10.1. The number of carbonyl (C=O) groups excluding carboxylic acids is 1. The van der Waals surface area contributed by atoms with E-state index in [-0.39, 0.29) is 5.91 Å². The number of nitrogens with one attached hydrogen (secondary N) is 2. The molecular formula is C22H29N3O4. The van der Waals surface area contributed by atoms with Crippen molar-refractivity contribution in [2.45, 2.75) is 6.54 Å². The standard InChI is InChI=1S/C22H29N3O4/c1-27-18-8-6-17(7-9-18)16-24-21-19(4-3-5-20(21)28-2)22(26)23-10-11-25-12-14-29-15-13-25/h3-9,24H,10-16H2,1-2H3,(H,23,26). The van der Waals surface area contributed by atoms with E-state index in [0.29, 0.717) is 30.1 Å². The Morgan fingerprint density at radius 2 is 1.83 bits per heavy atom. The quantitative estimate of drug-likeness (QED) is 0.675. The van der Waals surface area contributed by atoms with Crippen molar-refractivity contribution in [2.24, 2.45) is 0 Å². The van der Waals surface area contributed by atoms with Crippen molar-refractivity contribution in [1.82, 2.24) is 10.2 Å². The third-order valence-electron chi connectivity index (χ3n) is 4.94. The first-order valence-electron chi connectivity index (χ1n) is 9.83. The van der Waals surface area contributed by atoms with Gasteiger partial charge >= 0.3 is 0 Å². The van der Waals surface area contributed by atoms with Crippen molar-refractivity contribution in [1.29, 1.82) is 0 Å². The van der Waals surface area contributed by atoms with Crippen molar-refractivity contribution in [3.8, 4) is 11.5 Å². The SMILES string of the molecule is COc1ccc(CNc2c(OC)cccc2C(=O)NCCN2CCOCC2)cc1. The van der Waals surface area contributed by atoms with E-state index in [2.05, 4.69) is 15.5 Å². The van der Waals surface area contributed by atoms with Crippen LogP contribution in [-0.2, 0) is 11.3 Å². The summed E-state index contributed by atoms with van der Waals surface area (Å²) >= 11 is 0. The van der Waals surface area contributed by atoms with Gasteiger partial charge in [0.1, 0.15) is 11.5 Å². The monoisotopic (exact) mass is 399 g/mol. The van der Waals surface area contributed by atoms with E-state index in [1.54, 1.807) is 14.2 Å². The van der Waals surface area contributed by atoms with Gasteiger partial charge in [-0.2, -0.15) is 0 Å². The third kappa shape index (κ3) is 5.85. The number of nitrogens with zero attached hydrogens (tertiary/aromatic N) is 1. The molecule has 2 aromatic carbocycles. The summed E-state index contributed by atoms with van der Waals surface area (Å²) in [5.74, 6) is 1.33. The Labute approximate surface area is 171 Å². The molecule has 7 nitrogen and oxygen atoms in total. The molecule has 0 atom stereocenters. The molecule has 1 aliphatic heterocycles. The summed E-state index contributed by atoms with van der Waals surface area (Å²) in [6.45, 7) is 5.29. The Kier molecular flexibility index (Phi) is 7.72. The lowest BCUT2D eigenvalue weighted by Crippen LogP contribution is -2.41. The van der Waals surface area contributed by atoms with Gasteiger partial charge < -0.3 is 24.8 Å². The number of hydrogen-bond donors (Lipinski definition) is 2. The van der Waals surface area contributed by atoms with Crippen LogP contribution >= 0.6 is 0 Å². The normalized spacial score (nSPS) is 14.3. The van der Waals surface area contributed by atoms with Crippen LogP contribution in [0.1, 0.15) is 15.9 Å². The number of carbonyl (C=O) groups is 1. The molecule has 1 aliphatic rings. The maximum absolute atomic E-state index is 12.8. The van der Waals surface area contributed by atoms with Crippen LogP contribution in [0, 0.1) is 0 Å². The zero-order valence-corrected chi connectivity index (χ0v) is 17.1. The number of amides is 1. The first-order chi connectivity index (χ1) is 14.2. The van der Waals surface area contributed by atoms with Crippen LogP contribution in [0.5, 0.6) is 11.5 Å². The van der Waals surface area contributed by atoms with Crippen LogP contribution < -0.4 is 20.1 Å². The average molecular weight is 399 g/mol. The lowest BCUT2D eigenvalue weighted by Gasteiger charge is -2.26. The molecule has 0 aromatic heterocycles. The number of para-hydroxylation sites is 1. The predicted molar refractivity (Wildman–Crippen MR) is 113 cm³/mol. The summed E-state index contributed by atoms with van der Waals surface area (Å²) in [6.07, 6.45) is 0. The first kappa shape index (κ1) is 21.0. The second-order valence-corrected chi connectivity index (χ2v) is 6.79. The first-order valence-corrected chi connectivity index (χ1v) is 9.83. The molecule has 29 heavy (non-hydrogen) atoms. The van der Waals surface area contributed by atoms with Gasteiger partial charge in [-0.25, -0.2) is 0 Å². The van der Waals surface area contributed by atoms with Crippen LogP contribution in [-0.4, -0.2) is 64.4 Å². The van der Waals surface area contributed by atoms with Crippen molar-refractivity contribution >= 4 is 11.6 Å². The van der Waals surface area contributed by atoms with E-state index in [9.17, 15) is 4.79 Å². The zero-order chi connectivity index (χ0) is 20.5. The highest BCUT2D eigenvalue weighted by Gasteiger charge is 2.16. The summed E-state index contributed by atoms with van der Waals surface area (Å²) in [5.41, 5.74) is 2.34. The molecule has 0 unspecified atom stereocenters. The Bertz CT molecular complexity index is 789. The highest BCUT2D eigenvalue weighted by Crippen LogP contribution is 2.29. The Morgan fingerprint density at radius 3 is 2.52 bits per heavy atom. The predicted octanol–water partition coefficient (Wildman–Crippen LogP) is 2.38. The molecule has 0 bridgehead atoms. The van der Waals surface area contributed by atoms with E-state index in [4.69, 9.17) is 14.2 Å². The van der Waals surface area contributed by atoms with Gasteiger partial charge in [-0.3, -0.25) is 9.69 Å². The number of ether oxygens (including phenoxy) is 3. The van der Waals surface area contributed by atoms with E-state index in [0.717, 1.165) is 44.2 Å². The van der Waals surface area contributed by atoms with Crippen molar-refractivity contribution < 1.29 is 19.0 Å². The minimum atomic E-state index is -0.116. The highest BCUT2D eigenvalue weighted by atomic mass is 16.5. The second kappa shape index (κ2) is 10.7. The summed E-state index contributed by atoms with van der Waals surface area (Å²) in [4.78, 5) is 15.1. The van der Waals surface area contributed by atoms with Gasteiger partial charge in [-0.05, 0) is 29.8 Å². The summed E-state index contributed by atoms with van der Waals surface area (Å²) in [6, 6.07) is 13.3. The van der Waals surface area contributed by atoms with Crippen LogP contribution in [0.4, 0.5) is 5.69 Å². The molecule has 1 amide bonds. The molecule has 0 radical (unpaired) electrons. The summed E-state index contributed by atoms with van der Waals surface area (Å²) in [5, 5.41) is 6.37. The maximum Gasteiger partial charge on any atom is 0.253 e. The molecule has 156 valence electrons. The summed E-state index contributed by atoms with van der Waals surface area (Å²) in [7, 11) is 3.25.